The highest BCUT2D eigenvalue weighted by Crippen LogP contribution is 2.38. The van der Waals surface area contributed by atoms with Crippen LogP contribution in [0, 0.1) is 10.8 Å². The molecule has 2 aliphatic rings. The summed E-state index contributed by atoms with van der Waals surface area (Å²) in [4.78, 5) is 25.8. The SMILES string of the molecule is CC1(C)CCCC1NC(=O)N1CCCC(C)(C)C1C(=O)O. The Hall–Kier alpha value is -1.26. The van der Waals surface area contributed by atoms with Crippen LogP contribution in [0.4, 0.5) is 4.79 Å². The number of hydrogen-bond acceptors (Lipinski definition) is 2. The van der Waals surface area contributed by atoms with Crippen molar-refractivity contribution in [2.24, 2.45) is 10.8 Å². The van der Waals surface area contributed by atoms with E-state index in [1.54, 1.807) is 0 Å². The van der Waals surface area contributed by atoms with Crippen molar-refractivity contribution in [1.82, 2.24) is 10.2 Å². The third-order valence-electron chi connectivity index (χ3n) is 5.32. The number of rotatable bonds is 2. The first-order valence-corrected chi connectivity index (χ1v) is 7.95. The molecule has 1 saturated carbocycles. The minimum Gasteiger partial charge on any atom is -0.480 e. The van der Waals surface area contributed by atoms with Gasteiger partial charge in [-0.25, -0.2) is 9.59 Å². The topological polar surface area (TPSA) is 69.6 Å². The summed E-state index contributed by atoms with van der Waals surface area (Å²) in [5.41, 5.74) is -0.285. The molecule has 21 heavy (non-hydrogen) atoms. The van der Waals surface area contributed by atoms with Crippen molar-refractivity contribution in [1.29, 1.82) is 0 Å². The molecule has 0 aromatic heterocycles. The molecule has 2 atom stereocenters. The zero-order chi connectivity index (χ0) is 15.8. The maximum absolute atomic E-state index is 12.6. The third kappa shape index (κ3) is 3.16. The number of aliphatic carboxylic acids is 1. The van der Waals surface area contributed by atoms with Gasteiger partial charge in [0.25, 0.3) is 0 Å². The molecule has 0 aromatic rings. The Morgan fingerprint density at radius 2 is 1.71 bits per heavy atom. The van der Waals surface area contributed by atoms with Crippen LogP contribution in [0.1, 0.15) is 59.8 Å². The van der Waals surface area contributed by atoms with E-state index >= 15 is 0 Å². The smallest absolute Gasteiger partial charge is 0.327 e. The van der Waals surface area contributed by atoms with Gasteiger partial charge in [0, 0.05) is 12.6 Å². The standard InChI is InChI=1S/C16H28N2O3/c1-15(2)8-5-7-11(15)17-14(21)18-10-6-9-16(3,4)12(18)13(19)20/h11-12H,5-10H2,1-4H3,(H,17,21)(H,19,20). The van der Waals surface area contributed by atoms with Gasteiger partial charge in [0.1, 0.15) is 6.04 Å². The van der Waals surface area contributed by atoms with Gasteiger partial charge in [-0.15, -0.1) is 0 Å². The Kier molecular flexibility index (Phi) is 4.22. The van der Waals surface area contributed by atoms with Crippen molar-refractivity contribution < 1.29 is 14.7 Å². The van der Waals surface area contributed by atoms with Gasteiger partial charge in [-0.05, 0) is 36.5 Å². The summed E-state index contributed by atoms with van der Waals surface area (Å²) in [6, 6.07) is -0.810. The van der Waals surface area contributed by atoms with Crippen LogP contribution in [-0.2, 0) is 4.79 Å². The molecule has 2 amide bonds. The second-order valence-electron chi connectivity index (χ2n) is 7.91. The molecular weight excluding hydrogens is 268 g/mol. The van der Waals surface area contributed by atoms with Crippen molar-refractivity contribution in [3.8, 4) is 0 Å². The number of urea groups is 1. The normalized spacial score (nSPS) is 31.0. The second-order valence-corrected chi connectivity index (χ2v) is 7.91. The number of amides is 2. The van der Waals surface area contributed by atoms with Crippen LogP contribution in [0.15, 0.2) is 0 Å². The van der Waals surface area contributed by atoms with Gasteiger partial charge in [0.2, 0.25) is 0 Å². The van der Waals surface area contributed by atoms with Crippen molar-refractivity contribution in [3.63, 3.8) is 0 Å². The first-order chi connectivity index (χ1) is 9.65. The molecule has 0 aromatic carbocycles. The fourth-order valence-corrected chi connectivity index (χ4v) is 3.91. The number of carboxylic acid groups (broad SMARTS) is 1. The highest BCUT2D eigenvalue weighted by Gasteiger charge is 2.45. The lowest BCUT2D eigenvalue weighted by molar-refractivity contribution is -0.148. The van der Waals surface area contributed by atoms with Gasteiger partial charge in [0.05, 0.1) is 0 Å². The monoisotopic (exact) mass is 296 g/mol. The molecule has 0 spiro atoms. The van der Waals surface area contributed by atoms with E-state index in [2.05, 4.69) is 19.2 Å². The van der Waals surface area contributed by atoms with E-state index in [4.69, 9.17) is 0 Å². The lowest BCUT2D eigenvalue weighted by Crippen LogP contribution is -2.60. The Morgan fingerprint density at radius 3 is 2.24 bits per heavy atom. The summed E-state index contributed by atoms with van der Waals surface area (Å²) in [5.74, 6) is -0.902. The van der Waals surface area contributed by atoms with Gasteiger partial charge in [-0.1, -0.05) is 34.1 Å². The largest absolute Gasteiger partial charge is 0.480 e. The minimum absolute atomic E-state index is 0.0969. The predicted molar refractivity (Wildman–Crippen MR) is 81.1 cm³/mol. The molecule has 0 bridgehead atoms. The van der Waals surface area contributed by atoms with Crippen LogP contribution in [0.2, 0.25) is 0 Å². The Balaban J connectivity index is 2.11. The number of carboxylic acids is 1. The lowest BCUT2D eigenvalue weighted by atomic mass is 9.76. The Bertz CT molecular complexity index is 431. The predicted octanol–water partition coefficient (Wildman–Crippen LogP) is 2.85. The maximum Gasteiger partial charge on any atom is 0.327 e. The Morgan fingerprint density at radius 1 is 1.10 bits per heavy atom. The molecule has 5 heteroatoms. The quantitative estimate of drug-likeness (QED) is 0.823. The Labute approximate surface area is 127 Å². The van der Waals surface area contributed by atoms with Crippen molar-refractivity contribution >= 4 is 12.0 Å². The van der Waals surface area contributed by atoms with Crippen LogP contribution in [0.5, 0.6) is 0 Å². The van der Waals surface area contributed by atoms with E-state index in [0.29, 0.717) is 6.54 Å². The average Bonchev–Trinajstić information content (AvgIpc) is 2.66. The van der Waals surface area contributed by atoms with Crippen LogP contribution < -0.4 is 5.32 Å². The fourth-order valence-electron chi connectivity index (χ4n) is 3.91. The lowest BCUT2D eigenvalue weighted by Gasteiger charge is -2.44. The van der Waals surface area contributed by atoms with Crippen LogP contribution in [0.3, 0.4) is 0 Å². The molecule has 2 rings (SSSR count). The van der Waals surface area contributed by atoms with Gasteiger partial charge < -0.3 is 15.3 Å². The van der Waals surface area contributed by atoms with Crippen LogP contribution >= 0.6 is 0 Å². The molecule has 2 unspecified atom stereocenters. The summed E-state index contributed by atoms with van der Waals surface area (Å²) in [7, 11) is 0. The zero-order valence-corrected chi connectivity index (χ0v) is 13.6. The molecule has 1 saturated heterocycles. The number of piperidine rings is 1. The first kappa shape index (κ1) is 16.1. The van der Waals surface area contributed by atoms with Gasteiger partial charge in [-0.3, -0.25) is 0 Å². The summed E-state index contributed by atoms with van der Waals surface area (Å²) in [5, 5.41) is 12.6. The number of nitrogens with one attached hydrogen (secondary N) is 1. The molecule has 1 aliphatic carbocycles. The van der Waals surface area contributed by atoms with Crippen molar-refractivity contribution in [3.05, 3.63) is 0 Å². The molecule has 2 N–H and O–H groups in total. The van der Waals surface area contributed by atoms with E-state index in [-0.39, 0.29) is 22.9 Å². The highest BCUT2D eigenvalue weighted by molar-refractivity contribution is 5.83. The average molecular weight is 296 g/mol. The van der Waals surface area contributed by atoms with Crippen LogP contribution in [0.25, 0.3) is 0 Å². The van der Waals surface area contributed by atoms with E-state index in [1.165, 1.54) is 4.90 Å². The second kappa shape index (κ2) is 5.50. The van der Waals surface area contributed by atoms with Gasteiger partial charge >= 0.3 is 12.0 Å². The molecular formula is C16H28N2O3. The number of carbonyl (C=O) groups excluding carboxylic acids is 1. The molecule has 2 fully saturated rings. The van der Waals surface area contributed by atoms with Gasteiger partial charge in [0.15, 0.2) is 0 Å². The molecule has 0 radical (unpaired) electrons. The summed E-state index contributed by atoms with van der Waals surface area (Å²) >= 11 is 0. The van der Waals surface area contributed by atoms with Crippen molar-refractivity contribution in [2.75, 3.05) is 6.54 Å². The molecule has 120 valence electrons. The first-order valence-electron chi connectivity index (χ1n) is 7.95. The maximum atomic E-state index is 12.6. The summed E-state index contributed by atoms with van der Waals surface area (Å²) in [6.07, 6.45) is 4.90. The van der Waals surface area contributed by atoms with Crippen LogP contribution in [-0.4, -0.2) is 40.6 Å². The van der Waals surface area contributed by atoms with Crippen molar-refractivity contribution in [2.45, 2.75) is 71.9 Å². The van der Waals surface area contributed by atoms with E-state index in [9.17, 15) is 14.7 Å². The highest BCUT2D eigenvalue weighted by atomic mass is 16.4. The summed E-state index contributed by atoms with van der Waals surface area (Å²) < 4.78 is 0. The third-order valence-corrected chi connectivity index (χ3v) is 5.32. The number of carbonyl (C=O) groups is 2. The van der Waals surface area contributed by atoms with E-state index in [0.717, 1.165) is 32.1 Å². The van der Waals surface area contributed by atoms with E-state index < -0.39 is 12.0 Å². The molecule has 5 nitrogen and oxygen atoms in total. The molecule has 1 aliphatic heterocycles. The zero-order valence-electron chi connectivity index (χ0n) is 13.6. The van der Waals surface area contributed by atoms with Gasteiger partial charge in [-0.2, -0.15) is 0 Å². The number of nitrogens with zero attached hydrogens (tertiary/aromatic N) is 1. The minimum atomic E-state index is -0.902. The fraction of sp³-hybridized carbons (Fsp3) is 0.875. The molecule has 1 heterocycles. The number of hydrogen-bond donors (Lipinski definition) is 2. The number of likely N-dealkylation sites (tertiary alicyclic amines) is 1. The summed E-state index contributed by atoms with van der Waals surface area (Å²) in [6.45, 7) is 8.73. The van der Waals surface area contributed by atoms with E-state index in [1.807, 2.05) is 13.8 Å².